The van der Waals surface area contributed by atoms with E-state index in [1.165, 1.54) is 0 Å². The molecule has 0 aromatic carbocycles. The molecule has 0 N–H and O–H groups in total. The van der Waals surface area contributed by atoms with E-state index in [0.717, 1.165) is 19.4 Å². The van der Waals surface area contributed by atoms with E-state index in [4.69, 9.17) is 5.26 Å². The predicted octanol–water partition coefficient (Wildman–Crippen LogP) is 0.799. The highest BCUT2D eigenvalue weighted by Crippen LogP contribution is 2.17. The van der Waals surface area contributed by atoms with Crippen molar-refractivity contribution in [2.24, 2.45) is 0 Å². The zero-order chi connectivity index (χ0) is 11.3. The van der Waals surface area contributed by atoms with Gasteiger partial charge in [0.05, 0.1) is 24.1 Å². The SMILES string of the molecule is CCCCN(CC#N)C1CCS(=O)(=O)C1. The van der Waals surface area contributed by atoms with E-state index in [0.29, 0.717) is 13.0 Å². The lowest BCUT2D eigenvalue weighted by molar-refractivity contribution is 0.234. The van der Waals surface area contributed by atoms with Gasteiger partial charge in [0, 0.05) is 6.04 Å². The number of nitriles is 1. The van der Waals surface area contributed by atoms with Gasteiger partial charge in [-0.3, -0.25) is 4.90 Å². The molecule has 15 heavy (non-hydrogen) atoms. The minimum absolute atomic E-state index is 0.0706. The van der Waals surface area contributed by atoms with Crippen molar-refractivity contribution in [3.63, 3.8) is 0 Å². The highest BCUT2D eigenvalue weighted by molar-refractivity contribution is 7.91. The van der Waals surface area contributed by atoms with Crippen molar-refractivity contribution in [2.45, 2.75) is 32.2 Å². The molecule has 0 aromatic heterocycles. The van der Waals surface area contributed by atoms with E-state index in [1.54, 1.807) is 0 Å². The summed E-state index contributed by atoms with van der Waals surface area (Å²) in [5.41, 5.74) is 0. The monoisotopic (exact) mass is 230 g/mol. The molecule has 1 aliphatic rings. The lowest BCUT2D eigenvalue weighted by atomic mass is 10.2. The number of unbranched alkanes of at least 4 members (excludes halogenated alkanes) is 1. The number of hydrogen-bond acceptors (Lipinski definition) is 4. The van der Waals surface area contributed by atoms with Crippen LogP contribution in [0.3, 0.4) is 0 Å². The van der Waals surface area contributed by atoms with Gasteiger partial charge in [0.2, 0.25) is 0 Å². The third-order valence-electron chi connectivity index (χ3n) is 2.80. The normalized spacial score (nSPS) is 24.2. The highest BCUT2D eigenvalue weighted by Gasteiger charge is 2.31. The first-order chi connectivity index (χ1) is 7.09. The van der Waals surface area contributed by atoms with E-state index < -0.39 is 9.84 Å². The van der Waals surface area contributed by atoms with Gasteiger partial charge in [0.15, 0.2) is 9.84 Å². The fourth-order valence-electron chi connectivity index (χ4n) is 1.91. The van der Waals surface area contributed by atoms with Crippen LogP contribution < -0.4 is 0 Å². The second-order valence-corrected chi connectivity index (χ2v) is 6.27. The summed E-state index contributed by atoms with van der Waals surface area (Å²) in [6, 6.07) is 2.18. The Hall–Kier alpha value is -0.600. The van der Waals surface area contributed by atoms with Gasteiger partial charge in [0.25, 0.3) is 0 Å². The molecule has 1 aliphatic heterocycles. The second-order valence-electron chi connectivity index (χ2n) is 4.04. The zero-order valence-corrected chi connectivity index (χ0v) is 9.96. The van der Waals surface area contributed by atoms with Gasteiger partial charge in [0.1, 0.15) is 0 Å². The van der Waals surface area contributed by atoms with Crippen LogP contribution in [0.2, 0.25) is 0 Å². The largest absolute Gasteiger partial charge is 0.287 e. The van der Waals surface area contributed by atoms with Crippen LogP contribution in [0.15, 0.2) is 0 Å². The van der Waals surface area contributed by atoms with Crippen LogP contribution in [0.5, 0.6) is 0 Å². The minimum atomic E-state index is -2.83. The van der Waals surface area contributed by atoms with Crippen LogP contribution in [0, 0.1) is 11.3 Å². The average Bonchev–Trinajstić information content (AvgIpc) is 2.53. The zero-order valence-electron chi connectivity index (χ0n) is 9.15. The van der Waals surface area contributed by atoms with Gasteiger partial charge in [-0.15, -0.1) is 0 Å². The van der Waals surface area contributed by atoms with Gasteiger partial charge >= 0.3 is 0 Å². The van der Waals surface area contributed by atoms with Crippen molar-refractivity contribution in [3.8, 4) is 6.07 Å². The van der Waals surface area contributed by atoms with Crippen LogP contribution in [0.25, 0.3) is 0 Å². The fraction of sp³-hybridized carbons (Fsp3) is 0.900. The molecule has 0 spiro atoms. The lowest BCUT2D eigenvalue weighted by Gasteiger charge is -2.24. The molecular formula is C10H18N2O2S. The first-order valence-electron chi connectivity index (χ1n) is 5.40. The number of rotatable bonds is 5. The Kier molecular flexibility index (Phi) is 4.55. The topological polar surface area (TPSA) is 61.2 Å². The molecule has 5 heteroatoms. The summed E-state index contributed by atoms with van der Waals surface area (Å²) in [4.78, 5) is 2.01. The summed E-state index contributed by atoms with van der Waals surface area (Å²) >= 11 is 0. The molecule has 0 aromatic rings. The van der Waals surface area contributed by atoms with Crippen molar-refractivity contribution in [3.05, 3.63) is 0 Å². The molecule has 0 bridgehead atoms. The summed E-state index contributed by atoms with van der Waals surface area (Å²) < 4.78 is 22.6. The maximum absolute atomic E-state index is 11.3. The molecular weight excluding hydrogens is 212 g/mol. The molecule has 1 rings (SSSR count). The van der Waals surface area contributed by atoms with Crippen molar-refractivity contribution in [2.75, 3.05) is 24.6 Å². The molecule has 86 valence electrons. The first kappa shape index (κ1) is 12.5. The predicted molar refractivity (Wildman–Crippen MR) is 59.2 cm³/mol. The van der Waals surface area contributed by atoms with Crippen LogP contribution in [-0.4, -0.2) is 44.0 Å². The molecule has 1 heterocycles. The van der Waals surface area contributed by atoms with Crippen LogP contribution in [0.1, 0.15) is 26.2 Å². The van der Waals surface area contributed by atoms with Gasteiger partial charge in [-0.05, 0) is 19.4 Å². The fourth-order valence-corrected chi connectivity index (χ4v) is 3.67. The van der Waals surface area contributed by atoms with Gasteiger partial charge in [-0.2, -0.15) is 5.26 Å². The van der Waals surface area contributed by atoms with Gasteiger partial charge in [-0.25, -0.2) is 8.42 Å². The standard InChI is InChI=1S/C10H18N2O2S/c1-2-3-6-12(7-5-11)10-4-8-15(13,14)9-10/h10H,2-4,6-9H2,1H3. The Morgan fingerprint density at radius 3 is 2.73 bits per heavy atom. The first-order valence-corrected chi connectivity index (χ1v) is 7.22. The Bertz CT molecular complexity index is 332. The average molecular weight is 230 g/mol. The van der Waals surface area contributed by atoms with Crippen molar-refractivity contribution in [1.29, 1.82) is 5.26 Å². The Labute approximate surface area is 91.8 Å². The molecule has 1 atom stereocenters. The van der Waals surface area contributed by atoms with Crippen molar-refractivity contribution >= 4 is 9.84 Å². The number of sulfone groups is 1. The molecule has 0 aliphatic carbocycles. The molecule has 4 nitrogen and oxygen atoms in total. The minimum Gasteiger partial charge on any atom is -0.287 e. The van der Waals surface area contributed by atoms with E-state index in [2.05, 4.69) is 13.0 Å². The van der Waals surface area contributed by atoms with E-state index in [-0.39, 0.29) is 17.5 Å². The lowest BCUT2D eigenvalue weighted by Crippen LogP contribution is -2.37. The summed E-state index contributed by atoms with van der Waals surface area (Å²) in [6.45, 7) is 3.28. The number of hydrogen-bond donors (Lipinski definition) is 0. The molecule has 0 saturated carbocycles. The summed E-state index contributed by atoms with van der Waals surface area (Å²) in [5, 5.41) is 8.69. The summed E-state index contributed by atoms with van der Waals surface area (Å²) in [7, 11) is -2.83. The molecule has 0 amide bonds. The smallest absolute Gasteiger partial charge is 0.151 e. The maximum Gasteiger partial charge on any atom is 0.151 e. The Morgan fingerprint density at radius 1 is 1.53 bits per heavy atom. The maximum atomic E-state index is 11.3. The van der Waals surface area contributed by atoms with E-state index in [1.807, 2.05) is 4.90 Å². The Morgan fingerprint density at radius 2 is 2.27 bits per heavy atom. The van der Waals surface area contributed by atoms with Crippen molar-refractivity contribution in [1.82, 2.24) is 4.90 Å². The van der Waals surface area contributed by atoms with Crippen LogP contribution in [-0.2, 0) is 9.84 Å². The van der Waals surface area contributed by atoms with Crippen LogP contribution in [0.4, 0.5) is 0 Å². The quantitative estimate of drug-likeness (QED) is 0.655. The summed E-state index contributed by atoms with van der Waals surface area (Å²) in [5.74, 6) is 0.518. The molecule has 0 radical (unpaired) electrons. The van der Waals surface area contributed by atoms with Crippen LogP contribution >= 0.6 is 0 Å². The van der Waals surface area contributed by atoms with E-state index >= 15 is 0 Å². The van der Waals surface area contributed by atoms with Crippen molar-refractivity contribution < 1.29 is 8.42 Å². The molecule has 1 saturated heterocycles. The third-order valence-corrected chi connectivity index (χ3v) is 4.55. The van der Waals surface area contributed by atoms with Gasteiger partial charge < -0.3 is 0 Å². The number of nitrogens with zero attached hydrogens (tertiary/aromatic N) is 2. The second kappa shape index (κ2) is 5.47. The summed E-state index contributed by atoms with van der Waals surface area (Å²) in [6.07, 6.45) is 2.79. The molecule has 1 unspecified atom stereocenters. The van der Waals surface area contributed by atoms with E-state index in [9.17, 15) is 8.42 Å². The van der Waals surface area contributed by atoms with Gasteiger partial charge in [-0.1, -0.05) is 13.3 Å². The third kappa shape index (κ3) is 3.80. The molecule has 1 fully saturated rings. The Balaban J connectivity index is 2.54. The highest BCUT2D eigenvalue weighted by atomic mass is 32.2.